The van der Waals surface area contributed by atoms with Gasteiger partial charge >= 0.3 is 0 Å². The first-order valence-electron chi connectivity index (χ1n) is 9.55. The van der Waals surface area contributed by atoms with E-state index in [2.05, 4.69) is 26.0 Å². The van der Waals surface area contributed by atoms with Gasteiger partial charge in [0.1, 0.15) is 5.78 Å². The summed E-state index contributed by atoms with van der Waals surface area (Å²) in [6.45, 7) is 5.55. The van der Waals surface area contributed by atoms with E-state index in [-0.39, 0.29) is 22.3 Å². The summed E-state index contributed by atoms with van der Waals surface area (Å²) >= 11 is 0. The summed E-state index contributed by atoms with van der Waals surface area (Å²) in [5.41, 5.74) is 1.47. The molecule has 6 atom stereocenters. The van der Waals surface area contributed by atoms with Gasteiger partial charge in [-0.25, -0.2) is 0 Å². The average Bonchev–Trinajstić information content (AvgIpc) is 3.28. The van der Waals surface area contributed by atoms with E-state index in [1.54, 1.807) is 7.11 Å². The fourth-order valence-electron chi connectivity index (χ4n) is 6.93. The summed E-state index contributed by atoms with van der Waals surface area (Å²) in [5, 5.41) is 0. The van der Waals surface area contributed by atoms with E-state index in [1.165, 1.54) is 12.0 Å². The summed E-state index contributed by atoms with van der Waals surface area (Å²) in [4.78, 5) is 13.4. The lowest BCUT2D eigenvalue weighted by Crippen LogP contribution is -2.55. The number of epoxide rings is 1. The van der Waals surface area contributed by atoms with Crippen LogP contribution in [0.15, 0.2) is 23.5 Å². The van der Waals surface area contributed by atoms with Crippen molar-refractivity contribution in [2.75, 3.05) is 13.7 Å². The predicted molar refractivity (Wildman–Crippen MR) is 91.3 cm³/mol. The van der Waals surface area contributed by atoms with Crippen LogP contribution in [0.3, 0.4) is 0 Å². The van der Waals surface area contributed by atoms with Gasteiger partial charge in [0.2, 0.25) is 0 Å². The zero-order valence-corrected chi connectivity index (χ0v) is 15.1. The molecule has 0 amide bonds. The molecule has 0 aromatic carbocycles. The first-order valence-corrected chi connectivity index (χ1v) is 9.55. The van der Waals surface area contributed by atoms with Crippen molar-refractivity contribution in [2.45, 2.75) is 58.0 Å². The zero-order valence-electron chi connectivity index (χ0n) is 15.1. The summed E-state index contributed by atoms with van der Waals surface area (Å²) < 4.78 is 11.4. The number of ketones is 1. The van der Waals surface area contributed by atoms with Crippen LogP contribution in [-0.2, 0) is 14.3 Å². The van der Waals surface area contributed by atoms with Gasteiger partial charge in [0, 0.05) is 29.6 Å². The van der Waals surface area contributed by atoms with Gasteiger partial charge in [-0.1, -0.05) is 19.9 Å². The fraction of sp³-hybridized carbons (Fsp3) is 0.762. The standard InChI is InChI=1S/C21H28O3/c1-19-8-6-14(23-3)10-13(19)4-5-15-16-7-9-21(12-24-21)20(16,2)11-17(22)18(15)19/h4,10,15-16,18H,5-9,11-12H2,1-3H3/t15-,16+,18-,19+,20+,21+/m1/s1. The van der Waals surface area contributed by atoms with Crippen LogP contribution in [0.2, 0.25) is 0 Å². The smallest absolute Gasteiger partial charge is 0.137 e. The third-order valence-corrected chi connectivity index (χ3v) is 8.47. The molecular formula is C21H28O3. The Labute approximate surface area is 144 Å². The Morgan fingerprint density at radius 3 is 2.79 bits per heavy atom. The summed E-state index contributed by atoms with van der Waals surface area (Å²) in [7, 11) is 1.76. The van der Waals surface area contributed by atoms with E-state index >= 15 is 0 Å². The van der Waals surface area contributed by atoms with E-state index in [0.29, 0.717) is 17.6 Å². The fourth-order valence-corrected chi connectivity index (χ4v) is 6.93. The van der Waals surface area contributed by atoms with Gasteiger partial charge in [-0.3, -0.25) is 4.79 Å². The molecule has 130 valence electrons. The topological polar surface area (TPSA) is 38.8 Å². The van der Waals surface area contributed by atoms with Crippen LogP contribution in [0.5, 0.6) is 0 Å². The average molecular weight is 328 g/mol. The third-order valence-electron chi connectivity index (χ3n) is 8.47. The number of methoxy groups -OCH3 is 1. The molecule has 3 heteroatoms. The molecule has 4 aliphatic carbocycles. The highest BCUT2D eigenvalue weighted by Crippen LogP contribution is 2.69. The van der Waals surface area contributed by atoms with Gasteiger partial charge < -0.3 is 9.47 Å². The molecule has 0 aromatic heterocycles. The van der Waals surface area contributed by atoms with Crippen molar-refractivity contribution in [1.82, 2.24) is 0 Å². The van der Waals surface area contributed by atoms with Crippen molar-refractivity contribution in [2.24, 2.45) is 28.6 Å². The van der Waals surface area contributed by atoms with E-state index in [9.17, 15) is 4.79 Å². The molecule has 3 fully saturated rings. The van der Waals surface area contributed by atoms with Crippen LogP contribution in [0.1, 0.15) is 52.4 Å². The molecule has 5 rings (SSSR count). The number of ether oxygens (including phenoxy) is 2. The normalized spacial score (nSPS) is 52.1. The van der Waals surface area contributed by atoms with Crippen LogP contribution in [0, 0.1) is 28.6 Å². The predicted octanol–water partition coefficient (Wildman–Crippen LogP) is 4.04. The van der Waals surface area contributed by atoms with Gasteiger partial charge in [-0.15, -0.1) is 0 Å². The highest BCUT2D eigenvalue weighted by Gasteiger charge is 2.71. The Bertz CT molecular complexity index is 671. The second-order valence-electron chi connectivity index (χ2n) is 9.26. The molecule has 2 saturated carbocycles. The van der Waals surface area contributed by atoms with Crippen LogP contribution >= 0.6 is 0 Å². The molecule has 1 saturated heterocycles. The Kier molecular flexibility index (Phi) is 2.88. The minimum atomic E-state index is 0.00349. The molecule has 0 radical (unpaired) electrons. The highest BCUT2D eigenvalue weighted by atomic mass is 16.6. The highest BCUT2D eigenvalue weighted by molar-refractivity contribution is 5.85. The molecule has 0 unspecified atom stereocenters. The molecule has 1 aliphatic heterocycles. The second-order valence-corrected chi connectivity index (χ2v) is 9.26. The molecule has 1 spiro atoms. The Hall–Kier alpha value is -1.09. The van der Waals surface area contributed by atoms with E-state index in [1.807, 2.05) is 0 Å². The maximum absolute atomic E-state index is 13.4. The summed E-state index contributed by atoms with van der Waals surface area (Å²) in [6.07, 6.45) is 10.8. The number of fused-ring (bicyclic) bond motifs is 6. The van der Waals surface area contributed by atoms with Gasteiger partial charge in [-0.05, 0) is 49.2 Å². The lowest BCUT2D eigenvalue weighted by atomic mass is 9.47. The van der Waals surface area contributed by atoms with E-state index < -0.39 is 0 Å². The molecular weight excluding hydrogens is 300 g/mol. The van der Waals surface area contributed by atoms with Crippen molar-refractivity contribution < 1.29 is 14.3 Å². The van der Waals surface area contributed by atoms with Crippen molar-refractivity contribution >= 4 is 5.78 Å². The van der Waals surface area contributed by atoms with Crippen LogP contribution in [-0.4, -0.2) is 25.1 Å². The first-order chi connectivity index (χ1) is 11.4. The van der Waals surface area contributed by atoms with Crippen molar-refractivity contribution in [3.63, 3.8) is 0 Å². The second kappa shape index (κ2) is 4.55. The van der Waals surface area contributed by atoms with Gasteiger partial charge in [0.05, 0.1) is 25.1 Å². The maximum Gasteiger partial charge on any atom is 0.137 e. The third kappa shape index (κ3) is 1.65. The van der Waals surface area contributed by atoms with Gasteiger partial charge in [0.15, 0.2) is 0 Å². The van der Waals surface area contributed by atoms with Crippen molar-refractivity contribution in [3.05, 3.63) is 23.5 Å². The molecule has 5 aliphatic rings. The van der Waals surface area contributed by atoms with Crippen LogP contribution in [0.25, 0.3) is 0 Å². The number of rotatable bonds is 1. The van der Waals surface area contributed by atoms with Gasteiger partial charge in [-0.2, -0.15) is 0 Å². The lowest BCUT2D eigenvalue weighted by Gasteiger charge is -2.55. The monoisotopic (exact) mass is 328 g/mol. The number of carbonyl (C=O) groups is 1. The largest absolute Gasteiger partial charge is 0.501 e. The van der Waals surface area contributed by atoms with Crippen molar-refractivity contribution in [3.8, 4) is 0 Å². The molecule has 3 nitrogen and oxygen atoms in total. The van der Waals surface area contributed by atoms with Crippen molar-refractivity contribution in [1.29, 1.82) is 0 Å². The lowest BCUT2D eigenvalue weighted by molar-refractivity contribution is -0.144. The maximum atomic E-state index is 13.4. The minimum absolute atomic E-state index is 0.00349. The Balaban J connectivity index is 1.57. The van der Waals surface area contributed by atoms with E-state index in [4.69, 9.17) is 9.47 Å². The molecule has 0 bridgehead atoms. The number of carbonyl (C=O) groups excluding carboxylic acids is 1. The Morgan fingerprint density at radius 1 is 1.29 bits per heavy atom. The first kappa shape index (κ1) is 15.2. The molecule has 24 heavy (non-hydrogen) atoms. The number of Topliss-reactive ketones (excluding diaryl/α,β-unsaturated/α-hetero) is 1. The number of allylic oxidation sites excluding steroid dienone is 4. The Morgan fingerprint density at radius 2 is 2.08 bits per heavy atom. The quantitative estimate of drug-likeness (QED) is 0.682. The zero-order chi connectivity index (χ0) is 16.7. The summed E-state index contributed by atoms with van der Waals surface area (Å²) in [5.74, 6) is 2.91. The SMILES string of the molecule is COC1=CC2=CC[C@H]3[C@H](C(=O)C[C@@]4(C)[C@H]3CC[C@]43CO3)[C@@]2(C)CC1. The molecule has 1 heterocycles. The van der Waals surface area contributed by atoms with Gasteiger partial charge in [0.25, 0.3) is 0 Å². The molecule has 0 aromatic rings. The van der Waals surface area contributed by atoms with Crippen LogP contribution < -0.4 is 0 Å². The number of hydrogen-bond acceptors (Lipinski definition) is 3. The van der Waals surface area contributed by atoms with E-state index in [0.717, 1.165) is 44.5 Å². The van der Waals surface area contributed by atoms with Crippen LogP contribution in [0.4, 0.5) is 0 Å². The molecule has 0 N–H and O–H groups in total. The number of hydrogen-bond donors (Lipinski definition) is 0. The summed E-state index contributed by atoms with van der Waals surface area (Å²) in [6, 6.07) is 0. The minimum Gasteiger partial charge on any atom is -0.501 e.